The van der Waals surface area contributed by atoms with Crippen molar-refractivity contribution < 1.29 is 4.74 Å². The van der Waals surface area contributed by atoms with Crippen LogP contribution in [0.2, 0.25) is 0 Å². The van der Waals surface area contributed by atoms with Crippen LogP contribution in [0.1, 0.15) is 37.2 Å². The van der Waals surface area contributed by atoms with E-state index in [1.54, 1.807) is 0 Å². The molecule has 0 radical (unpaired) electrons. The van der Waals surface area contributed by atoms with Crippen LogP contribution in [-0.4, -0.2) is 33.0 Å². The molecule has 27 heavy (non-hydrogen) atoms. The molecular weight excluding hydrogens is 336 g/mol. The number of aromatic nitrogens is 4. The third-order valence-corrected chi connectivity index (χ3v) is 6.03. The summed E-state index contributed by atoms with van der Waals surface area (Å²) in [6, 6.07) is 6.61. The number of pyridine rings is 1. The van der Waals surface area contributed by atoms with Gasteiger partial charge in [0.15, 0.2) is 0 Å². The molecule has 1 aromatic carbocycles. The minimum atomic E-state index is 0.415. The maximum absolute atomic E-state index is 5.55. The Morgan fingerprint density at radius 3 is 2.70 bits per heavy atom. The Bertz CT molecular complexity index is 1100. The molecule has 5 heteroatoms. The van der Waals surface area contributed by atoms with Crippen molar-refractivity contribution in [2.75, 3.05) is 7.11 Å². The van der Waals surface area contributed by atoms with E-state index < -0.39 is 0 Å². The molecule has 0 saturated heterocycles. The molecular formula is C22H24N4O. The summed E-state index contributed by atoms with van der Waals surface area (Å²) in [6.07, 6.45) is 13.1. The van der Waals surface area contributed by atoms with Crippen LogP contribution in [-0.2, 0) is 11.8 Å². The molecule has 0 spiro atoms. The minimum Gasteiger partial charge on any atom is -0.381 e. The molecule has 138 valence electrons. The van der Waals surface area contributed by atoms with Crippen molar-refractivity contribution in [2.24, 2.45) is 7.05 Å². The molecule has 1 aliphatic rings. The largest absolute Gasteiger partial charge is 0.381 e. The molecule has 5 nitrogen and oxygen atoms in total. The van der Waals surface area contributed by atoms with Gasteiger partial charge in [-0.25, -0.2) is 4.98 Å². The number of ether oxygens (including phenoxy) is 1. The lowest BCUT2D eigenvalue weighted by Crippen LogP contribution is -2.19. The van der Waals surface area contributed by atoms with Crippen LogP contribution in [0.15, 0.2) is 43.0 Å². The highest BCUT2D eigenvalue weighted by atomic mass is 16.5. The summed E-state index contributed by atoms with van der Waals surface area (Å²) in [4.78, 5) is 8.07. The fourth-order valence-electron chi connectivity index (χ4n) is 4.51. The highest BCUT2D eigenvalue weighted by molar-refractivity contribution is 6.07. The summed E-state index contributed by atoms with van der Waals surface area (Å²) in [5.41, 5.74) is 4.72. The molecule has 0 aliphatic heterocycles. The quantitative estimate of drug-likeness (QED) is 0.571. The van der Waals surface area contributed by atoms with E-state index in [0.29, 0.717) is 12.0 Å². The van der Waals surface area contributed by atoms with Crippen LogP contribution in [0.5, 0.6) is 0 Å². The van der Waals surface area contributed by atoms with Gasteiger partial charge >= 0.3 is 0 Å². The number of H-pyrrole nitrogens is 1. The van der Waals surface area contributed by atoms with Crippen molar-refractivity contribution in [3.63, 3.8) is 0 Å². The molecule has 0 unspecified atom stereocenters. The number of rotatable bonds is 3. The molecule has 1 fully saturated rings. The molecule has 1 aliphatic carbocycles. The van der Waals surface area contributed by atoms with Gasteiger partial charge in [0.05, 0.1) is 12.3 Å². The molecule has 4 aromatic rings. The predicted octanol–water partition coefficient (Wildman–Crippen LogP) is 4.79. The van der Waals surface area contributed by atoms with E-state index >= 15 is 0 Å². The number of methoxy groups -OCH3 is 1. The van der Waals surface area contributed by atoms with Gasteiger partial charge in [-0.15, -0.1) is 0 Å². The zero-order valence-corrected chi connectivity index (χ0v) is 15.8. The maximum atomic E-state index is 5.55. The van der Waals surface area contributed by atoms with Crippen molar-refractivity contribution in [1.82, 2.24) is 19.7 Å². The van der Waals surface area contributed by atoms with Crippen LogP contribution in [0, 0.1) is 0 Å². The summed E-state index contributed by atoms with van der Waals surface area (Å²) in [5.74, 6) is 0.569. The van der Waals surface area contributed by atoms with Crippen molar-refractivity contribution in [1.29, 1.82) is 0 Å². The number of fused-ring (bicyclic) bond motifs is 3. The first-order valence-corrected chi connectivity index (χ1v) is 9.64. The van der Waals surface area contributed by atoms with Crippen molar-refractivity contribution >= 4 is 21.8 Å². The number of hydrogen-bond donors (Lipinski definition) is 1. The van der Waals surface area contributed by atoms with Gasteiger partial charge in [0.1, 0.15) is 5.65 Å². The van der Waals surface area contributed by atoms with Crippen LogP contribution >= 0.6 is 0 Å². The number of nitrogens with zero attached hydrogens (tertiary/aromatic N) is 3. The smallest absolute Gasteiger partial charge is 0.138 e. The van der Waals surface area contributed by atoms with E-state index in [2.05, 4.69) is 45.7 Å². The first-order valence-electron chi connectivity index (χ1n) is 9.64. The molecule has 5 rings (SSSR count). The van der Waals surface area contributed by atoms with Crippen molar-refractivity contribution in [3.05, 3.63) is 48.5 Å². The Morgan fingerprint density at radius 2 is 1.96 bits per heavy atom. The van der Waals surface area contributed by atoms with Gasteiger partial charge < -0.3 is 9.72 Å². The Kier molecular flexibility index (Phi) is 3.97. The Labute approximate surface area is 158 Å². The van der Waals surface area contributed by atoms with Gasteiger partial charge in [-0.3, -0.25) is 4.68 Å². The normalized spacial score (nSPS) is 20.5. The Hall–Kier alpha value is -2.66. The Balaban J connectivity index is 1.63. The molecule has 1 saturated carbocycles. The first kappa shape index (κ1) is 16.5. The third-order valence-electron chi connectivity index (χ3n) is 6.03. The fourth-order valence-corrected chi connectivity index (χ4v) is 4.51. The number of hydrogen-bond acceptors (Lipinski definition) is 3. The van der Waals surface area contributed by atoms with Gasteiger partial charge in [-0.05, 0) is 54.2 Å². The van der Waals surface area contributed by atoms with E-state index in [1.165, 1.54) is 40.1 Å². The zero-order valence-electron chi connectivity index (χ0n) is 15.8. The van der Waals surface area contributed by atoms with Crippen LogP contribution < -0.4 is 0 Å². The standard InChI is InChI=1S/C22H24N4O/c1-26-13-17(11-25-26)15-3-4-16-10-23-22-21(19(16)9-15)20(12-24-22)14-5-7-18(27-2)8-6-14/h3-4,9-14,18H,5-8H2,1-2H3,(H,23,24). The summed E-state index contributed by atoms with van der Waals surface area (Å²) >= 11 is 0. The maximum Gasteiger partial charge on any atom is 0.138 e. The second kappa shape index (κ2) is 6.50. The lowest BCUT2D eigenvalue weighted by atomic mass is 9.82. The average molecular weight is 360 g/mol. The lowest BCUT2D eigenvalue weighted by molar-refractivity contribution is 0.0660. The highest BCUT2D eigenvalue weighted by Crippen LogP contribution is 2.39. The van der Waals surface area contributed by atoms with E-state index in [4.69, 9.17) is 4.74 Å². The van der Waals surface area contributed by atoms with Crippen LogP contribution in [0.25, 0.3) is 32.9 Å². The number of nitrogens with one attached hydrogen (secondary N) is 1. The Morgan fingerprint density at radius 1 is 1.11 bits per heavy atom. The summed E-state index contributed by atoms with van der Waals surface area (Å²) in [5, 5.41) is 8.05. The lowest BCUT2D eigenvalue weighted by Gasteiger charge is -2.27. The van der Waals surface area contributed by atoms with Crippen molar-refractivity contribution in [2.45, 2.75) is 37.7 Å². The van der Waals surface area contributed by atoms with E-state index in [0.717, 1.165) is 24.1 Å². The second-order valence-corrected chi connectivity index (χ2v) is 7.64. The van der Waals surface area contributed by atoms with Gasteiger partial charge in [0.25, 0.3) is 0 Å². The number of benzene rings is 1. The van der Waals surface area contributed by atoms with Gasteiger partial charge in [-0.2, -0.15) is 5.10 Å². The average Bonchev–Trinajstić information content (AvgIpc) is 3.34. The first-order chi connectivity index (χ1) is 13.2. The highest BCUT2D eigenvalue weighted by Gasteiger charge is 2.25. The number of aryl methyl sites for hydroxylation is 1. The topological polar surface area (TPSA) is 55.7 Å². The molecule has 0 bridgehead atoms. The van der Waals surface area contributed by atoms with Gasteiger partial charge in [0.2, 0.25) is 0 Å². The summed E-state index contributed by atoms with van der Waals surface area (Å²) < 4.78 is 7.40. The fraction of sp³-hybridized carbons (Fsp3) is 0.364. The summed E-state index contributed by atoms with van der Waals surface area (Å²) in [6.45, 7) is 0. The molecule has 3 heterocycles. The SMILES string of the molecule is COC1CCC(c2c[nH]c3ncc4ccc(-c5cnn(C)c5)cc4c23)CC1. The van der Waals surface area contributed by atoms with Crippen LogP contribution in [0.3, 0.4) is 0 Å². The van der Waals surface area contributed by atoms with Crippen molar-refractivity contribution in [3.8, 4) is 11.1 Å². The van der Waals surface area contributed by atoms with Crippen LogP contribution in [0.4, 0.5) is 0 Å². The minimum absolute atomic E-state index is 0.415. The zero-order chi connectivity index (χ0) is 18.4. The molecule has 0 amide bonds. The molecule has 0 atom stereocenters. The monoisotopic (exact) mass is 360 g/mol. The second-order valence-electron chi connectivity index (χ2n) is 7.64. The number of aromatic amines is 1. The van der Waals surface area contributed by atoms with Gasteiger partial charge in [0, 0.05) is 49.1 Å². The van der Waals surface area contributed by atoms with E-state index in [-0.39, 0.29) is 0 Å². The van der Waals surface area contributed by atoms with E-state index in [9.17, 15) is 0 Å². The summed E-state index contributed by atoms with van der Waals surface area (Å²) in [7, 11) is 3.78. The third kappa shape index (κ3) is 2.82. The van der Waals surface area contributed by atoms with Gasteiger partial charge in [-0.1, -0.05) is 12.1 Å². The van der Waals surface area contributed by atoms with E-state index in [1.807, 2.05) is 31.2 Å². The molecule has 1 N–H and O–H groups in total. The molecule has 3 aromatic heterocycles. The predicted molar refractivity (Wildman–Crippen MR) is 108 cm³/mol.